The molecule has 1 N–H and O–H groups in total. The highest BCUT2D eigenvalue weighted by molar-refractivity contribution is 6.31. The first kappa shape index (κ1) is 18.7. The minimum atomic E-state index is -0.914. The summed E-state index contributed by atoms with van der Waals surface area (Å²) in [5, 5.41) is 2.46. The maximum absolute atomic E-state index is 13.6. The van der Waals surface area contributed by atoms with Gasteiger partial charge >= 0.3 is 0 Å². The fourth-order valence-corrected chi connectivity index (χ4v) is 2.35. The molecule has 0 atom stereocenters. The molecule has 5 nitrogen and oxygen atoms in total. The molecule has 0 radical (unpaired) electrons. The van der Waals surface area contributed by atoms with Crippen molar-refractivity contribution in [2.24, 2.45) is 0 Å². The van der Waals surface area contributed by atoms with Crippen molar-refractivity contribution in [2.75, 3.05) is 23.9 Å². The van der Waals surface area contributed by atoms with Gasteiger partial charge in [0, 0.05) is 11.9 Å². The summed E-state index contributed by atoms with van der Waals surface area (Å²) < 4.78 is 32.4. The molecule has 0 fully saturated rings. The SMILES string of the molecule is COc1ccc(Cl)cc1N(CC(=O)Nc1c(F)cccc1F)C(C)=O. The van der Waals surface area contributed by atoms with E-state index in [1.54, 1.807) is 12.1 Å². The van der Waals surface area contributed by atoms with Gasteiger partial charge in [0.25, 0.3) is 0 Å². The maximum atomic E-state index is 13.6. The zero-order valence-corrected chi connectivity index (χ0v) is 14.2. The van der Waals surface area contributed by atoms with Gasteiger partial charge in [0.2, 0.25) is 11.8 Å². The molecule has 8 heteroatoms. The van der Waals surface area contributed by atoms with Crippen LogP contribution in [-0.2, 0) is 9.59 Å². The van der Waals surface area contributed by atoms with Crippen molar-refractivity contribution in [1.82, 2.24) is 0 Å². The van der Waals surface area contributed by atoms with E-state index in [9.17, 15) is 18.4 Å². The molecule has 0 aliphatic heterocycles. The van der Waals surface area contributed by atoms with Gasteiger partial charge in [-0.1, -0.05) is 17.7 Å². The van der Waals surface area contributed by atoms with Crippen molar-refractivity contribution in [3.05, 3.63) is 53.1 Å². The van der Waals surface area contributed by atoms with Crippen molar-refractivity contribution in [1.29, 1.82) is 0 Å². The molecule has 0 aliphatic rings. The number of amides is 2. The lowest BCUT2D eigenvalue weighted by atomic mass is 10.2. The van der Waals surface area contributed by atoms with Crippen LogP contribution in [0, 0.1) is 11.6 Å². The van der Waals surface area contributed by atoms with Crippen LogP contribution in [0.15, 0.2) is 36.4 Å². The molecule has 0 heterocycles. The number of methoxy groups -OCH3 is 1. The molecule has 0 spiro atoms. The average molecular weight is 369 g/mol. The van der Waals surface area contributed by atoms with Gasteiger partial charge < -0.3 is 10.1 Å². The monoisotopic (exact) mass is 368 g/mol. The summed E-state index contributed by atoms with van der Waals surface area (Å²) in [6.45, 7) is 0.775. The number of benzene rings is 2. The number of nitrogens with zero attached hydrogens (tertiary/aromatic N) is 1. The van der Waals surface area contributed by atoms with Crippen LogP contribution >= 0.6 is 11.6 Å². The van der Waals surface area contributed by atoms with E-state index in [4.69, 9.17) is 16.3 Å². The van der Waals surface area contributed by atoms with Crippen molar-refractivity contribution in [3.8, 4) is 5.75 Å². The van der Waals surface area contributed by atoms with Crippen molar-refractivity contribution < 1.29 is 23.1 Å². The van der Waals surface area contributed by atoms with Crippen molar-refractivity contribution in [3.63, 3.8) is 0 Å². The third-order valence-corrected chi connectivity index (χ3v) is 3.58. The summed E-state index contributed by atoms with van der Waals surface area (Å²) in [6, 6.07) is 7.78. The molecule has 0 aliphatic carbocycles. The van der Waals surface area contributed by atoms with Crippen LogP contribution in [-0.4, -0.2) is 25.5 Å². The third kappa shape index (κ3) is 4.45. The Hall–Kier alpha value is -2.67. The second kappa shape index (κ2) is 7.94. The normalized spacial score (nSPS) is 10.3. The predicted octanol–water partition coefficient (Wildman–Crippen LogP) is 3.62. The Labute approximate surface area is 148 Å². The predicted molar refractivity (Wildman–Crippen MR) is 91.0 cm³/mol. The summed E-state index contributed by atoms with van der Waals surface area (Å²) in [5.74, 6) is -2.75. The molecule has 2 aromatic rings. The molecular formula is C17H15ClF2N2O3. The zero-order chi connectivity index (χ0) is 18.6. The number of anilines is 2. The van der Waals surface area contributed by atoms with E-state index in [0.717, 1.165) is 17.0 Å². The van der Waals surface area contributed by atoms with Gasteiger partial charge in [-0.2, -0.15) is 0 Å². The number of hydrogen-bond acceptors (Lipinski definition) is 3. The van der Waals surface area contributed by atoms with Gasteiger partial charge in [-0.05, 0) is 30.3 Å². The highest BCUT2D eigenvalue weighted by Gasteiger charge is 2.21. The fourth-order valence-electron chi connectivity index (χ4n) is 2.18. The summed E-state index contributed by atoms with van der Waals surface area (Å²) >= 11 is 5.94. The molecule has 0 saturated heterocycles. The molecule has 0 aromatic heterocycles. The largest absolute Gasteiger partial charge is 0.495 e. The van der Waals surface area contributed by atoms with Crippen LogP contribution in [0.4, 0.5) is 20.2 Å². The van der Waals surface area contributed by atoms with E-state index in [1.165, 1.54) is 26.2 Å². The average Bonchev–Trinajstić information content (AvgIpc) is 2.56. The van der Waals surface area contributed by atoms with Crippen LogP contribution in [0.25, 0.3) is 0 Å². The van der Waals surface area contributed by atoms with E-state index in [0.29, 0.717) is 10.8 Å². The number of rotatable bonds is 5. The zero-order valence-electron chi connectivity index (χ0n) is 13.5. The molecule has 2 aromatic carbocycles. The van der Waals surface area contributed by atoms with Gasteiger partial charge in [0.1, 0.15) is 29.6 Å². The summed E-state index contributed by atoms with van der Waals surface area (Å²) in [5.41, 5.74) is -0.305. The van der Waals surface area contributed by atoms with Crippen LogP contribution in [0.1, 0.15) is 6.92 Å². The minimum Gasteiger partial charge on any atom is -0.495 e. The van der Waals surface area contributed by atoms with E-state index < -0.39 is 35.7 Å². The van der Waals surface area contributed by atoms with Gasteiger partial charge in [-0.25, -0.2) is 8.78 Å². The van der Waals surface area contributed by atoms with Gasteiger partial charge in [-0.3, -0.25) is 14.5 Å². The minimum absolute atomic E-state index is 0.270. The summed E-state index contributed by atoms with van der Waals surface area (Å²) in [6.07, 6.45) is 0. The van der Waals surface area contributed by atoms with Crippen LogP contribution < -0.4 is 15.0 Å². The lowest BCUT2D eigenvalue weighted by Gasteiger charge is -2.23. The topological polar surface area (TPSA) is 58.6 Å². The maximum Gasteiger partial charge on any atom is 0.244 e. The molecule has 2 rings (SSSR count). The van der Waals surface area contributed by atoms with Crippen LogP contribution in [0.2, 0.25) is 5.02 Å². The Morgan fingerprint density at radius 1 is 1.20 bits per heavy atom. The molecule has 25 heavy (non-hydrogen) atoms. The molecule has 0 saturated carbocycles. The summed E-state index contributed by atoms with van der Waals surface area (Å²) in [7, 11) is 1.40. The number of carbonyl (C=O) groups excluding carboxylic acids is 2. The quantitative estimate of drug-likeness (QED) is 0.877. The number of para-hydroxylation sites is 1. The standard InChI is InChI=1S/C17H15ClF2N2O3/c1-10(23)22(14-8-11(18)6-7-15(14)25-2)9-16(24)21-17-12(19)4-3-5-13(17)20/h3-8H,9H2,1-2H3,(H,21,24). The van der Waals surface area contributed by atoms with Crippen molar-refractivity contribution >= 4 is 34.8 Å². The number of ether oxygens (including phenoxy) is 1. The van der Waals surface area contributed by atoms with E-state index in [2.05, 4.69) is 5.32 Å². The van der Waals surface area contributed by atoms with Crippen LogP contribution in [0.3, 0.4) is 0 Å². The molecule has 2 amide bonds. The lowest BCUT2D eigenvalue weighted by molar-refractivity contribution is -0.120. The van der Waals surface area contributed by atoms with E-state index >= 15 is 0 Å². The lowest BCUT2D eigenvalue weighted by Crippen LogP contribution is -2.37. The Morgan fingerprint density at radius 2 is 1.84 bits per heavy atom. The van der Waals surface area contributed by atoms with Gasteiger partial charge in [0.15, 0.2) is 0 Å². The second-order valence-electron chi connectivity index (χ2n) is 5.07. The van der Waals surface area contributed by atoms with Crippen molar-refractivity contribution in [2.45, 2.75) is 6.92 Å². The first-order valence-corrected chi connectivity index (χ1v) is 7.56. The number of carbonyl (C=O) groups is 2. The highest BCUT2D eigenvalue weighted by atomic mass is 35.5. The second-order valence-corrected chi connectivity index (χ2v) is 5.50. The van der Waals surface area contributed by atoms with E-state index in [-0.39, 0.29) is 5.69 Å². The Bertz CT molecular complexity index is 794. The number of halogens is 3. The van der Waals surface area contributed by atoms with Crippen LogP contribution in [0.5, 0.6) is 5.75 Å². The molecular weight excluding hydrogens is 354 g/mol. The van der Waals surface area contributed by atoms with E-state index in [1.807, 2.05) is 0 Å². The number of nitrogens with one attached hydrogen (secondary N) is 1. The first-order valence-electron chi connectivity index (χ1n) is 7.19. The van der Waals surface area contributed by atoms with Gasteiger partial charge in [-0.15, -0.1) is 0 Å². The third-order valence-electron chi connectivity index (χ3n) is 3.34. The number of hydrogen-bond donors (Lipinski definition) is 1. The molecule has 0 bridgehead atoms. The summed E-state index contributed by atoms with van der Waals surface area (Å²) in [4.78, 5) is 25.2. The van der Waals surface area contributed by atoms with Gasteiger partial charge in [0.05, 0.1) is 12.8 Å². The smallest absolute Gasteiger partial charge is 0.244 e. The Kier molecular flexibility index (Phi) is 5.93. The molecule has 132 valence electrons. The fraction of sp³-hybridized carbons (Fsp3) is 0.176. The molecule has 0 unspecified atom stereocenters. The highest BCUT2D eigenvalue weighted by Crippen LogP contribution is 2.31. The Morgan fingerprint density at radius 3 is 2.40 bits per heavy atom. The Balaban J connectivity index is 2.27. The first-order chi connectivity index (χ1) is 11.8.